The summed E-state index contributed by atoms with van der Waals surface area (Å²) in [5.41, 5.74) is 6.37. The van der Waals surface area contributed by atoms with Gasteiger partial charge in [-0.2, -0.15) is 0 Å². The van der Waals surface area contributed by atoms with E-state index in [1.165, 1.54) is 32.2 Å². The van der Waals surface area contributed by atoms with Gasteiger partial charge in [0.05, 0.1) is 0 Å². The van der Waals surface area contributed by atoms with Crippen LogP contribution in [0.5, 0.6) is 0 Å². The molecule has 0 saturated carbocycles. The van der Waals surface area contributed by atoms with Crippen molar-refractivity contribution in [3.8, 4) is 0 Å². The molecular weight excluding hydrogens is 234 g/mol. The molecule has 0 aromatic carbocycles. The maximum atomic E-state index is 6.18. The van der Waals surface area contributed by atoms with E-state index in [2.05, 4.69) is 44.7 Å². The summed E-state index contributed by atoms with van der Waals surface area (Å²) >= 11 is 0. The monoisotopic (exact) mass is 269 g/mol. The average Bonchev–Trinajstić information content (AvgIpc) is 2.81. The minimum Gasteiger partial charge on any atom is -0.329 e. The minimum atomic E-state index is 0.193. The smallest absolute Gasteiger partial charge is 0.0329 e. The first-order chi connectivity index (χ1) is 8.99. The quantitative estimate of drug-likeness (QED) is 0.735. The van der Waals surface area contributed by atoms with Crippen LogP contribution < -0.4 is 5.73 Å². The topological polar surface area (TPSA) is 32.5 Å². The fourth-order valence-electron chi connectivity index (χ4n) is 3.47. The van der Waals surface area contributed by atoms with E-state index in [1.54, 1.807) is 0 Å². The molecular formula is C16H35N3. The number of hydrogen-bond donors (Lipinski definition) is 1. The van der Waals surface area contributed by atoms with Crippen molar-refractivity contribution in [1.82, 2.24) is 9.80 Å². The highest BCUT2D eigenvalue weighted by Gasteiger charge is 2.35. The number of likely N-dealkylation sites (N-methyl/N-ethyl adjacent to an activating group) is 2. The predicted octanol–water partition coefficient (Wildman–Crippen LogP) is 2.56. The molecule has 2 N–H and O–H groups in total. The van der Waals surface area contributed by atoms with Gasteiger partial charge in [0.2, 0.25) is 0 Å². The molecule has 1 aliphatic rings. The van der Waals surface area contributed by atoms with Crippen LogP contribution >= 0.6 is 0 Å². The molecule has 3 atom stereocenters. The van der Waals surface area contributed by atoms with Gasteiger partial charge in [-0.3, -0.25) is 4.90 Å². The molecule has 1 saturated heterocycles. The Hall–Kier alpha value is -0.120. The van der Waals surface area contributed by atoms with Gasteiger partial charge in [-0.05, 0) is 52.2 Å². The summed E-state index contributed by atoms with van der Waals surface area (Å²) in [5.74, 6) is 0.757. The molecule has 1 aliphatic heterocycles. The van der Waals surface area contributed by atoms with Gasteiger partial charge < -0.3 is 10.6 Å². The Morgan fingerprint density at radius 2 is 2.11 bits per heavy atom. The van der Waals surface area contributed by atoms with Gasteiger partial charge in [0.1, 0.15) is 0 Å². The molecule has 3 nitrogen and oxygen atoms in total. The predicted molar refractivity (Wildman–Crippen MR) is 84.4 cm³/mol. The summed E-state index contributed by atoms with van der Waals surface area (Å²) in [6.07, 6.45) is 6.32. The highest BCUT2D eigenvalue weighted by Crippen LogP contribution is 2.29. The van der Waals surface area contributed by atoms with Crippen LogP contribution in [0.4, 0.5) is 0 Å². The van der Waals surface area contributed by atoms with E-state index >= 15 is 0 Å². The molecule has 19 heavy (non-hydrogen) atoms. The van der Waals surface area contributed by atoms with E-state index in [4.69, 9.17) is 5.73 Å². The lowest BCUT2D eigenvalue weighted by molar-refractivity contribution is 0.0700. The lowest BCUT2D eigenvalue weighted by Crippen LogP contribution is -2.55. The molecule has 1 heterocycles. The first-order valence-electron chi connectivity index (χ1n) is 8.10. The Bertz CT molecular complexity index is 250. The number of hydrogen-bond acceptors (Lipinski definition) is 3. The van der Waals surface area contributed by atoms with Gasteiger partial charge in [-0.15, -0.1) is 0 Å². The maximum absolute atomic E-state index is 6.18. The lowest BCUT2D eigenvalue weighted by Gasteiger charge is -2.44. The van der Waals surface area contributed by atoms with Crippen molar-refractivity contribution in [3.05, 3.63) is 0 Å². The van der Waals surface area contributed by atoms with Gasteiger partial charge >= 0.3 is 0 Å². The van der Waals surface area contributed by atoms with Crippen LogP contribution in [-0.2, 0) is 0 Å². The molecule has 1 rings (SSSR count). The number of rotatable bonds is 8. The third-order valence-electron chi connectivity index (χ3n) is 5.43. The van der Waals surface area contributed by atoms with Crippen LogP contribution in [-0.4, -0.2) is 55.1 Å². The maximum Gasteiger partial charge on any atom is 0.0329 e. The molecule has 0 aromatic heterocycles. The molecule has 0 radical (unpaired) electrons. The van der Waals surface area contributed by atoms with Crippen molar-refractivity contribution in [2.24, 2.45) is 11.7 Å². The zero-order valence-corrected chi connectivity index (χ0v) is 13.8. The van der Waals surface area contributed by atoms with Crippen molar-refractivity contribution < 1.29 is 0 Å². The normalized spacial score (nSPS) is 25.7. The fourth-order valence-corrected chi connectivity index (χ4v) is 3.47. The molecule has 114 valence electrons. The number of likely N-dealkylation sites (tertiary alicyclic amines) is 1. The Morgan fingerprint density at radius 1 is 1.42 bits per heavy atom. The SMILES string of the molecule is CCC(C)CC(CC)(CN)N(C)CC1CCCN1C. The van der Waals surface area contributed by atoms with Gasteiger partial charge in [0, 0.05) is 24.7 Å². The zero-order chi connectivity index (χ0) is 14.5. The van der Waals surface area contributed by atoms with Crippen LogP contribution in [0.2, 0.25) is 0 Å². The molecule has 0 amide bonds. The van der Waals surface area contributed by atoms with E-state index in [1.807, 2.05) is 0 Å². The molecule has 0 bridgehead atoms. The van der Waals surface area contributed by atoms with Gasteiger partial charge in [0.25, 0.3) is 0 Å². The van der Waals surface area contributed by atoms with Crippen LogP contribution in [0.25, 0.3) is 0 Å². The highest BCUT2D eigenvalue weighted by molar-refractivity contribution is 4.93. The first-order valence-corrected chi connectivity index (χ1v) is 8.10. The largest absolute Gasteiger partial charge is 0.329 e. The second kappa shape index (κ2) is 7.61. The average molecular weight is 269 g/mol. The van der Waals surface area contributed by atoms with Crippen molar-refractivity contribution in [2.45, 2.75) is 64.5 Å². The molecule has 3 heteroatoms. The van der Waals surface area contributed by atoms with Crippen LogP contribution in [0, 0.1) is 5.92 Å². The van der Waals surface area contributed by atoms with E-state index < -0.39 is 0 Å². The Kier molecular flexibility index (Phi) is 6.78. The number of nitrogens with two attached hydrogens (primary N) is 1. The Morgan fingerprint density at radius 3 is 2.53 bits per heavy atom. The number of nitrogens with zero attached hydrogens (tertiary/aromatic N) is 2. The lowest BCUT2D eigenvalue weighted by atomic mass is 9.83. The zero-order valence-electron chi connectivity index (χ0n) is 13.8. The minimum absolute atomic E-state index is 0.193. The molecule has 0 spiro atoms. The van der Waals surface area contributed by atoms with Crippen molar-refractivity contribution in [2.75, 3.05) is 33.7 Å². The van der Waals surface area contributed by atoms with E-state index in [0.717, 1.165) is 31.5 Å². The summed E-state index contributed by atoms with van der Waals surface area (Å²) < 4.78 is 0. The van der Waals surface area contributed by atoms with Crippen molar-refractivity contribution >= 4 is 0 Å². The summed E-state index contributed by atoms with van der Waals surface area (Å²) in [5, 5.41) is 0. The van der Waals surface area contributed by atoms with E-state index in [-0.39, 0.29) is 5.54 Å². The highest BCUT2D eigenvalue weighted by atomic mass is 15.2. The van der Waals surface area contributed by atoms with Crippen LogP contribution in [0.15, 0.2) is 0 Å². The molecule has 0 aromatic rings. The van der Waals surface area contributed by atoms with Gasteiger partial charge in [0.15, 0.2) is 0 Å². The summed E-state index contributed by atoms with van der Waals surface area (Å²) in [6.45, 7) is 10.1. The molecule has 3 unspecified atom stereocenters. The Labute approximate surface area is 120 Å². The fraction of sp³-hybridized carbons (Fsp3) is 1.00. The van der Waals surface area contributed by atoms with Gasteiger partial charge in [-0.25, -0.2) is 0 Å². The molecule has 0 aliphatic carbocycles. The summed E-state index contributed by atoms with van der Waals surface area (Å²) in [4.78, 5) is 5.07. The van der Waals surface area contributed by atoms with Crippen molar-refractivity contribution in [3.63, 3.8) is 0 Å². The standard InChI is InChI=1S/C16H35N3/c1-6-14(3)11-16(7-2,13-17)19(5)12-15-9-8-10-18(15)4/h14-15H,6-13,17H2,1-5H3. The Balaban J connectivity index is 2.68. The van der Waals surface area contributed by atoms with Crippen LogP contribution in [0.1, 0.15) is 52.9 Å². The third kappa shape index (κ3) is 4.17. The van der Waals surface area contributed by atoms with Gasteiger partial charge in [-0.1, -0.05) is 27.2 Å². The third-order valence-corrected chi connectivity index (χ3v) is 5.43. The second-order valence-corrected chi connectivity index (χ2v) is 6.66. The molecule has 1 fully saturated rings. The van der Waals surface area contributed by atoms with Crippen molar-refractivity contribution in [1.29, 1.82) is 0 Å². The first kappa shape index (κ1) is 16.9. The summed E-state index contributed by atoms with van der Waals surface area (Å²) in [7, 11) is 4.54. The van der Waals surface area contributed by atoms with E-state index in [9.17, 15) is 0 Å². The summed E-state index contributed by atoms with van der Waals surface area (Å²) in [6, 6.07) is 0.722. The van der Waals surface area contributed by atoms with E-state index in [0.29, 0.717) is 0 Å². The van der Waals surface area contributed by atoms with Crippen LogP contribution in [0.3, 0.4) is 0 Å². The second-order valence-electron chi connectivity index (χ2n) is 6.66.